The number of nitrogens with zero attached hydrogens (tertiary/aromatic N) is 1. The molecule has 2 aliphatic rings. The van der Waals surface area contributed by atoms with Gasteiger partial charge in [0, 0.05) is 12.0 Å². The standard InChI is InChI=1S/C17H33NO2/c1-15(2,3)18-13-11(19-16(4,5)6)10-12(14(13)18)20-17(7,8)9/h11-14H,10H2,1-9H3. The van der Waals surface area contributed by atoms with Crippen LogP contribution in [0.4, 0.5) is 0 Å². The molecule has 4 atom stereocenters. The van der Waals surface area contributed by atoms with Gasteiger partial charge >= 0.3 is 0 Å². The summed E-state index contributed by atoms with van der Waals surface area (Å²) in [5.41, 5.74) is 0.0186. The fourth-order valence-electron chi connectivity index (χ4n) is 3.61. The molecule has 0 aromatic heterocycles. The van der Waals surface area contributed by atoms with E-state index in [-0.39, 0.29) is 16.7 Å². The van der Waals surface area contributed by atoms with E-state index in [1.807, 2.05) is 0 Å². The molecule has 3 nitrogen and oxygen atoms in total. The van der Waals surface area contributed by atoms with Crippen molar-refractivity contribution in [3.63, 3.8) is 0 Å². The predicted molar refractivity (Wildman–Crippen MR) is 83.0 cm³/mol. The summed E-state index contributed by atoms with van der Waals surface area (Å²) >= 11 is 0. The Hall–Kier alpha value is -0.120. The maximum atomic E-state index is 6.30. The summed E-state index contributed by atoms with van der Waals surface area (Å²) in [7, 11) is 0. The highest BCUT2D eigenvalue weighted by Crippen LogP contribution is 2.51. The monoisotopic (exact) mass is 283 g/mol. The van der Waals surface area contributed by atoms with Crippen LogP contribution >= 0.6 is 0 Å². The topological polar surface area (TPSA) is 21.5 Å². The third-order valence-corrected chi connectivity index (χ3v) is 3.91. The molecular formula is C17H33NO2. The number of hydrogen-bond acceptors (Lipinski definition) is 3. The first-order chi connectivity index (χ1) is 8.80. The summed E-state index contributed by atoms with van der Waals surface area (Å²) in [6.07, 6.45) is 1.62. The smallest absolute Gasteiger partial charge is 0.0779 e. The SMILES string of the molecule is CC(C)(C)OC1CC(OC(C)(C)C)C2C1N2C(C)(C)C. The van der Waals surface area contributed by atoms with Crippen LogP contribution in [0.5, 0.6) is 0 Å². The zero-order valence-electron chi connectivity index (χ0n) is 14.8. The van der Waals surface area contributed by atoms with Crippen molar-refractivity contribution in [2.45, 2.75) is 110 Å². The van der Waals surface area contributed by atoms with E-state index in [4.69, 9.17) is 9.47 Å². The van der Waals surface area contributed by atoms with Crippen molar-refractivity contribution >= 4 is 0 Å². The summed E-state index contributed by atoms with van der Waals surface area (Å²) in [4.78, 5) is 2.57. The van der Waals surface area contributed by atoms with E-state index in [0.29, 0.717) is 24.3 Å². The van der Waals surface area contributed by atoms with E-state index >= 15 is 0 Å². The van der Waals surface area contributed by atoms with Crippen molar-refractivity contribution in [3.8, 4) is 0 Å². The van der Waals surface area contributed by atoms with E-state index in [0.717, 1.165) is 6.42 Å². The van der Waals surface area contributed by atoms with Gasteiger partial charge in [0.25, 0.3) is 0 Å². The molecule has 0 bridgehead atoms. The summed E-state index contributed by atoms with van der Waals surface area (Å²) in [6.45, 7) is 19.7. The van der Waals surface area contributed by atoms with Crippen LogP contribution in [0.1, 0.15) is 68.7 Å². The van der Waals surface area contributed by atoms with Crippen molar-refractivity contribution in [2.24, 2.45) is 0 Å². The summed E-state index contributed by atoms with van der Waals surface area (Å²) in [6, 6.07) is 1.06. The van der Waals surface area contributed by atoms with Gasteiger partial charge in [-0.05, 0) is 62.3 Å². The molecular weight excluding hydrogens is 250 g/mol. The first kappa shape index (κ1) is 16.3. The van der Waals surface area contributed by atoms with Crippen LogP contribution in [0.25, 0.3) is 0 Å². The second-order valence-electron chi connectivity index (χ2n) is 9.33. The number of piperidine rings is 1. The molecule has 2 fully saturated rings. The fraction of sp³-hybridized carbons (Fsp3) is 1.00. The number of likely N-dealkylation sites (tertiary alicyclic amines) is 1. The molecule has 1 aliphatic carbocycles. The molecule has 0 amide bonds. The lowest BCUT2D eigenvalue weighted by Gasteiger charge is -2.34. The van der Waals surface area contributed by atoms with Gasteiger partial charge in [-0.2, -0.15) is 0 Å². The van der Waals surface area contributed by atoms with Gasteiger partial charge in [0.05, 0.1) is 35.5 Å². The Morgan fingerprint density at radius 3 is 1.30 bits per heavy atom. The highest BCUT2D eigenvalue weighted by atomic mass is 16.5. The van der Waals surface area contributed by atoms with E-state index < -0.39 is 0 Å². The van der Waals surface area contributed by atoms with E-state index in [1.165, 1.54) is 0 Å². The summed E-state index contributed by atoms with van der Waals surface area (Å²) in [5, 5.41) is 0. The number of fused-ring (bicyclic) bond motifs is 1. The van der Waals surface area contributed by atoms with Crippen LogP contribution in [0.3, 0.4) is 0 Å². The fourth-order valence-corrected chi connectivity index (χ4v) is 3.61. The molecule has 4 unspecified atom stereocenters. The molecule has 0 aromatic rings. The van der Waals surface area contributed by atoms with E-state index in [1.54, 1.807) is 0 Å². The Morgan fingerprint density at radius 2 is 1.05 bits per heavy atom. The van der Waals surface area contributed by atoms with Crippen LogP contribution in [-0.4, -0.2) is 45.9 Å². The summed E-state index contributed by atoms with van der Waals surface area (Å²) in [5.74, 6) is 0. The van der Waals surface area contributed by atoms with Crippen LogP contribution in [0, 0.1) is 0 Å². The van der Waals surface area contributed by atoms with Crippen molar-refractivity contribution in [1.82, 2.24) is 4.90 Å². The molecule has 1 saturated heterocycles. The minimum atomic E-state index is -0.0853. The average Bonchev–Trinajstić information content (AvgIpc) is 2.77. The predicted octanol–water partition coefficient (Wildman–Crippen LogP) is 3.61. The van der Waals surface area contributed by atoms with E-state index in [2.05, 4.69) is 67.2 Å². The van der Waals surface area contributed by atoms with Crippen molar-refractivity contribution in [2.75, 3.05) is 0 Å². The molecule has 1 aliphatic heterocycles. The zero-order chi connectivity index (χ0) is 15.5. The molecule has 3 heteroatoms. The second-order valence-corrected chi connectivity index (χ2v) is 9.33. The molecule has 0 N–H and O–H groups in total. The second kappa shape index (κ2) is 4.69. The number of hydrogen-bond donors (Lipinski definition) is 0. The minimum Gasteiger partial charge on any atom is -0.371 e. The van der Waals surface area contributed by atoms with Gasteiger partial charge in [0.2, 0.25) is 0 Å². The molecule has 118 valence electrons. The minimum absolute atomic E-state index is 0.0853. The van der Waals surface area contributed by atoms with Crippen LogP contribution < -0.4 is 0 Å². The Kier molecular flexibility index (Phi) is 3.81. The zero-order valence-corrected chi connectivity index (χ0v) is 14.8. The van der Waals surface area contributed by atoms with Gasteiger partial charge in [-0.25, -0.2) is 0 Å². The lowest BCUT2D eigenvalue weighted by atomic mass is 10.1. The van der Waals surface area contributed by atoms with E-state index in [9.17, 15) is 0 Å². The molecule has 20 heavy (non-hydrogen) atoms. The normalized spacial score (nSPS) is 38.0. The Labute approximate surface area is 125 Å². The third kappa shape index (κ3) is 3.55. The van der Waals surface area contributed by atoms with Gasteiger partial charge in [-0.15, -0.1) is 0 Å². The largest absolute Gasteiger partial charge is 0.371 e. The maximum Gasteiger partial charge on any atom is 0.0779 e. The third-order valence-electron chi connectivity index (χ3n) is 3.91. The van der Waals surface area contributed by atoms with Gasteiger partial charge in [0.1, 0.15) is 0 Å². The Bertz CT molecular complexity index is 327. The van der Waals surface area contributed by atoms with Crippen LogP contribution in [-0.2, 0) is 9.47 Å². The molecule has 0 radical (unpaired) electrons. The Morgan fingerprint density at radius 1 is 0.700 bits per heavy atom. The Balaban J connectivity index is 2.11. The molecule has 0 spiro atoms. The highest BCUT2D eigenvalue weighted by Gasteiger charge is 2.66. The molecule has 2 rings (SSSR count). The molecule has 1 heterocycles. The average molecular weight is 283 g/mol. The lowest BCUT2D eigenvalue weighted by molar-refractivity contribution is -0.109. The first-order valence-corrected chi connectivity index (χ1v) is 7.94. The first-order valence-electron chi connectivity index (χ1n) is 7.94. The van der Waals surface area contributed by atoms with Crippen molar-refractivity contribution in [1.29, 1.82) is 0 Å². The maximum absolute atomic E-state index is 6.30. The van der Waals surface area contributed by atoms with Gasteiger partial charge in [-0.3, -0.25) is 4.90 Å². The van der Waals surface area contributed by atoms with Crippen molar-refractivity contribution in [3.05, 3.63) is 0 Å². The lowest BCUT2D eigenvalue weighted by Crippen LogP contribution is -2.41. The molecule has 0 aromatic carbocycles. The van der Waals surface area contributed by atoms with Gasteiger partial charge in [-0.1, -0.05) is 0 Å². The van der Waals surface area contributed by atoms with Crippen LogP contribution in [0.2, 0.25) is 0 Å². The number of ether oxygens (including phenoxy) is 2. The van der Waals surface area contributed by atoms with Gasteiger partial charge < -0.3 is 9.47 Å². The highest BCUT2D eigenvalue weighted by molar-refractivity contribution is 5.20. The van der Waals surface area contributed by atoms with Crippen molar-refractivity contribution < 1.29 is 9.47 Å². The quantitative estimate of drug-likeness (QED) is 0.723. The summed E-state index contributed by atoms with van der Waals surface area (Å²) < 4.78 is 12.6. The van der Waals surface area contributed by atoms with Crippen LogP contribution in [0.15, 0.2) is 0 Å². The number of rotatable bonds is 2. The van der Waals surface area contributed by atoms with Gasteiger partial charge in [0.15, 0.2) is 0 Å². The molecule has 1 saturated carbocycles.